The molecular formula is C27H36N8O4S. The number of nitrogens with zero attached hydrogens (tertiary/aromatic N) is 5. The van der Waals surface area contributed by atoms with Gasteiger partial charge in [-0.05, 0) is 45.2 Å². The molecule has 2 aliphatic heterocycles. The molecule has 3 N–H and O–H groups in total. The predicted octanol–water partition coefficient (Wildman–Crippen LogP) is 1.61. The standard InChI is InChI=1S/C27H36N8O4S/c1-17-8-9-20(32-40(4,38)39)19(13-17)27(37)34-11-6-5-7-23(34)21-14-24-30-25(18(2)15-35(24)31-21)33-12-10-29-22(16-33)26(36)28-3/h8-9,13-15,22-23,29,32H,5-7,10-12,16H2,1-4H3,(H,28,36)/t22?,23-/m0/s1. The third-order valence-electron chi connectivity index (χ3n) is 7.47. The summed E-state index contributed by atoms with van der Waals surface area (Å²) < 4.78 is 28.2. The Morgan fingerprint density at radius 1 is 1.12 bits per heavy atom. The number of likely N-dealkylation sites (N-methyl/N-ethyl adjacent to an activating group) is 1. The van der Waals surface area contributed by atoms with E-state index in [4.69, 9.17) is 10.1 Å². The summed E-state index contributed by atoms with van der Waals surface area (Å²) >= 11 is 0. The first-order chi connectivity index (χ1) is 19.0. The van der Waals surface area contributed by atoms with Gasteiger partial charge in [-0.1, -0.05) is 11.6 Å². The van der Waals surface area contributed by atoms with Crippen molar-refractivity contribution in [1.82, 2.24) is 30.1 Å². The van der Waals surface area contributed by atoms with Crippen LogP contribution in [0.15, 0.2) is 30.5 Å². The zero-order valence-electron chi connectivity index (χ0n) is 23.3. The van der Waals surface area contributed by atoms with Gasteiger partial charge in [-0.15, -0.1) is 0 Å². The molecule has 2 aliphatic rings. The molecule has 12 nitrogen and oxygen atoms in total. The molecule has 214 valence electrons. The van der Waals surface area contributed by atoms with Crippen LogP contribution >= 0.6 is 0 Å². The summed E-state index contributed by atoms with van der Waals surface area (Å²) in [4.78, 5) is 34.9. The lowest BCUT2D eigenvalue weighted by atomic mass is 9.97. The summed E-state index contributed by atoms with van der Waals surface area (Å²) in [6, 6.07) is 6.47. The van der Waals surface area contributed by atoms with Crippen LogP contribution in [0.3, 0.4) is 0 Å². The van der Waals surface area contributed by atoms with Gasteiger partial charge in [0.05, 0.1) is 29.2 Å². The zero-order chi connectivity index (χ0) is 28.6. The SMILES string of the molecule is CNC(=O)C1CN(c2nc3cc([C@@H]4CCCCN4C(=O)c4cc(C)ccc4NS(C)(=O)=O)nn3cc2C)CCN1. The first-order valence-corrected chi connectivity index (χ1v) is 15.4. The molecule has 2 fully saturated rings. The Balaban J connectivity index is 1.46. The predicted molar refractivity (Wildman–Crippen MR) is 153 cm³/mol. The van der Waals surface area contributed by atoms with Crippen LogP contribution in [-0.2, 0) is 14.8 Å². The summed E-state index contributed by atoms with van der Waals surface area (Å²) in [6.07, 6.45) is 5.55. The third kappa shape index (κ3) is 5.75. The maximum atomic E-state index is 13.9. The number of anilines is 2. The van der Waals surface area contributed by atoms with E-state index in [1.165, 1.54) is 0 Å². The average Bonchev–Trinajstić information content (AvgIpc) is 3.34. The molecule has 0 aliphatic carbocycles. The van der Waals surface area contributed by atoms with Crippen LogP contribution in [0.5, 0.6) is 0 Å². The molecule has 2 amide bonds. The lowest BCUT2D eigenvalue weighted by Crippen LogP contribution is -2.57. The van der Waals surface area contributed by atoms with Crippen molar-refractivity contribution < 1.29 is 18.0 Å². The Morgan fingerprint density at radius 3 is 2.67 bits per heavy atom. The summed E-state index contributed by atoms with van der Waals surface area (Å²) in [5, 5.41) is 10.8. The third-order valence-corrected chi connectivity index (χ3v) is 8.06. The lowest BCUT2D eigenvalue weighted by Gasteiger charge is -2.35. The van der Waals surface area contributed by atoms with Crippen molar-refractivity contribution in [2.75, 3.05) is 49.1 Å². The number of benzene rings is 1. The van der Waals surface area contributed by atoms with Crippen LogP contribution < -0.4 is 20.3 Å². The fourth-order valence-electron chi connectivity index (χ4n) is 5.55. The molecule has 40 heavy (non-hydrogen) atoms. The zero-order valence-corrected chi connectivity index (χ0v) is 24.1. The molecule has 1 unspecified atom stereocenters. The Hall–Kier alpha value is -3.71. The number of sulfonamides is 1. The van der Waals surface area contributed by atoms with E-state index in [0.717, 1.165) is 54.7 Å². The van der Waals surface area contributed by atoms with Crippen molar-refractivity contribution in [3.8, 4) is 0 Å². The number of piperidine rings is 1. The molecule has 0 saturated carbocycles. The summed E-state index contributed by atoms with van der Waals surface area (Å²) in [7, 11) is -1.93. The fraction of sp³-hybridized carbons (Fsp3) is 0.481. The molecule has 13 heteroatoms. The van der Waals surface area contributed by atoms with Crippen molar-refractivity contribution >= 4 is 39.0 Å². The quantitative estimate of drug-likeness (QED) is 0.407. The summed E-state index contributed by atoms with van der Waals surface area (Å²) in [5.41, 5.74) is 3.80. The van der Waals surface area contributed by atoms with Gasteiger partial charge in [0.2, 0.25) is 15.9 Å². The topological polar surface area (TPSA) is 141 Å². The van der Waals surface area contributed by atoms with E-state index < -0.39 is 10.0 Å². The molecule has 2 aromatic heterocycles. The van der Waals surface area contributed by atoms with Gasteiger partial charge in [0, 0.05) is 51.1 Å². The molecule has 4 heterocycles. The highest BCUT2D eigenvalue weighted by Crippen LogP contribution is 2.34. The number of likely N-dealkylation sites (tertiary alicyclic amines) is 1. The van der Waals surface area contributed by atoms with Gasteiger partial charge in [-0.3, -0.25) is 14.3 Å². The highest BCUT2D eigenvalue weighted by atomic mass is 32.2. The van der Waals surface area contributed by atoms with Crippen molar-refractivity contribution in [1.29, 1.82) is 0 Å². The van der Waals surface area contributed by atoms with E-state index in [-0.39, 0.29) is 29.6 Å². The van der Waals surface area contributed by atoms with E-state index in [2.05, 4.69) is 20.3 Å². The molecule has 2 atom stereocenters. The van der Waals surface area contributed by atoms with Crippen LogP contribution in [-0.4, -0.2) is 85.3 Å². The number of aryl methyl sites for hydroxylation is 2. The van der Waals surface area contributed by atoms with Crippen LogP contribution in [0.4, 0.5) is 11.5 Å². The van der Waals surface area contributed by atoms with Gasteiger partial charge in [-0.25, -0.2) is 17.9 Å². The molecule has 0 radical (unpaired) electrons. The minimum atomic E-state index is -3.56. The molecule has 0 bridgehead atoms. The van der Waals surface area contributed by atoms with Gasteiger partial charge >= 0.3 is 0 Å². The number of piperazine rings is 1. The number of carbonyl (C=O) groups is 2. The maximum Gasteiger partial charge on any atom is 0.256 e. The number of nitrogens with one attached hydrogen (secondary N) is 3. The van der Waals surface area contributed by atoms with Crippen molar-refractivity contribution in [3.63, 3.8) is 0 Å². The smallest absolute Gasteiger partial charge is 0.256 e. The van der Waals surface area contributed by atoms with Crippen LogP contribution in [0, 0.1) is 13.8 Å². The molecule has 5 rings (SSSR count). The van der Waals surface area contributed by atoms with E-state index in [1.54, 1.807) is 34.7 Å². The summed E-state index contributed by atoms with van der Waals surface area (Å²) in [5.74, 6) is 0.519. The Morgan fingerprint density at radius 2 is 1.93 bits per heavy atom. The highest BCUT2D eigenvalue weighted by molar-refractivity contribution is 7.92. The van der Waals surface area contributed by atoms with E-state index >= 15 is 0 Å². The van der Waals surface area contributed by atoms with Crippen molar-refractivity contribution in [3.05, 3.63) is 52.8 Å². The van der Waals surface area contributed by atoms with Crippen LogP contribution in [0.2, 0.25) is 0 Å². The second-order valence-electron chi connectivity index (χ2n) is 10.6. The van der Waals surface area contributed by atoms with Gasteiger partial charge in [0.25, 0.3) is 5.91 Å². The summed E-state index contributed by atoms with van der Waals surface area (Å²) in [6.45, 7) is 6.30. The number of rotatable bonds is 6. The maximum absolute atomic E-state index is 13.9. The van der Waals surface area contributed by atoms with Crippen molar-refractivity contribution in [2.45, 2.75) is 45.2 Å². The van der Waals surface area contributed by atoms with Crippen molar-refractivity contribution in [2.24, 2.45) is 0 Å². The Labute approximate surface area is 234 Å². The minimum Gasteiger partial charge on any atom is -0.358 e. The van der Waals surface area contributed by atoms with E-state index in [1.807, 2.05) is 26.1 Å². The monoisotopic (exact) mass is 568 g/mol. The highest BCUT2D eigenvalue weighted by Gasteiger charge is 2.33. The second kappa shape index (κ2) is 11.0. The van der Waals surface area contributed by atoms with Crippen LogP contribution in [0.1, 0.15) is 52.5 Å². The number of hydrogen-bond acceptors (Lipinski definition) is 8. The van der Waals surface area contributed by atoms with E-state index in [9.17, 15) is 18.0 Å². The first kappa shape index (κ1) is 27.8. The molecular weight excluding hydrogens is 532 g/mol. The number of fused-ring (bicyclic) bond motifs is 1. The molecule has 3 aromatic rings. The Kier molecular flexibility index (Phi) is 7.69. The fourth-order valence-corrected chi connectivity index (χ4v) is 6.13. The lowest BCUT2D eigenvalue weighted by molar-refractivity contribution is -0.122. The minimum absolute atomic E-state index is 0.0550. The van der Waals surface area contributed by atoms with Gasteiger partial charge in [-0.2, -0.15) is 5.10 Å². The number of amides is 2. The first-order valence-electron chi connectivity index (χ1n) is 13.5. The van der Waals surface area contributed by atoms with Gasteiger partial charge in [0.15, 0.2) is 5.65 Å². The molecule has 1 aromatic carbocycles. The van der Waals surface area contributed by atoms with Gasteiger partial charge in [0.1, 0.15) is 11.9 Å². The van der Waals surface area contributed by atoms with Gasteiger partial charge < -0.3 is 20.4 Å². The van der Waals surface area contributed by atoms with E-state index in [0.29, 0.717) is 30.8 Å². The number of carbonyl (C=O) groups excluding carboxylic acids is 2. The average molecular weight is 569 g/mol. The number of hydrogen-bond donors (Lipinski definition) is 3. The van der Waals surface area contributed by atoms with Crippen LogP contribution in [0.25, 0.3) is 5.65 Å². The Bertz CT molecular complexity index is 1550. The largest absolute Gasteiger partial charge is 0.358 e. The molecule has 2 saturated heterocycles. The second-order valence-corrected chi connectivity index (χ2v) is 12.4. The molecule has 0 spiro atoms. The normalized spacial score (nSPS) is 20.0. The number of aromatic nitrogens is 3.